The number of aromatic nitrogens is 2. The zero-order chi connectivity index (χ0) is 13.1. The van der Waals surface area contributed by atoms with Crippen molar-refractivity contribution in [2.75, 3.05) is 5.32 Å². The van der Waals surface area contributed by atoms with E-state index in [9.17, 15) is 9.90 Å². The van der Waals surface area contributed by atoms with Gasteiger partial charge in [0.15, 0.2) is 0 Å². The van der Waals surface area contributed by atoms with Crippen LogP contribution < -0.4 is 10.9 Å². The van der Waals surface area contributed by atoms with Crippen LogP contribution in [-0.4, -0.2) is 27.0 Å². The molecule has 1 aromatic heterocycles. The molecule has 5 nitrogen and oxygen atoms in total. The molecule has 0 aliphatic heterocycles. The van der Waals surface area contributed by atoms with Crippen molar-refractivity contribution in [3.8, 4) is 0 Å². The van der Waals surface area contributed by atoms with Gasteiger partial charge in [0, 0.05) is 12.6 Å². The minimum Gasteiger partial charge on any atom is -0.393 e. The van der Waals surface area contributed by atoms with Crippen molar-refractivity contribution >= 4 is 21.6 Å². The molecule has 0 aromatic carbocycles. The molecule has 18 heavy (non-hydrogen) atoms. The molecule has 1 heterocycles. The van der Waals surface area contributed by atoms with Crippen LogP contribution in [0.1, 0.15) is 32.6 Å². The maximum absolute atomic E-state index is 11.9. The monoisotopic (exact) mass is 315 g/mol. The first-order chi connectivity index (χ1) is 8.61. The molecule has 0 unspecified atom stereocenters. The number of hydrogen-bond acceptors (Lipinski definition) is 4. The van der Waals surface area contributed by atoms with Crippen molar-refractivity contribution in [2.45, 2.75) is 51.3 Å². The second-order valence-corrected chi connectivity index (χ2v) is 5.44. The Balaban J connectivity index is 2.10. The fourth-order valence-electron chi connectivity index (χ4n) is 2.23. The fourth-order valence-corrected chi connectivity index (χ4v) is 2.65. The quantitative estimate of drug-likeness (QED) is 0.891. The predicted octanol–water partition coefficient (Wildman–Crippen LogP) is 1.74. The number of hydrogen-bond donors (Lipinski definition) is 2. The van der Waals surface area contributed by atoms with Crippen molar-refractivity contribution in [2.24, 2.45) is 0 Å². The first-order valence-corrected chi connectivity index (χ1v) is 7.11. The van der Waals surface area contributed by atoms with Crippen LogP contribution in [-0.2, 0) is 6.54 Å². The Kier molecular flexibility index (Phi) is 4.40. The molecular weight excluding hydrogens is 298 g/mol. The van der Waals surface area contributed by atoms with Crippen LogP contribution in [0.2, 0.25) is 0 Å². The van der Waals surface area contributed by atoms with E-state index in [2.05, 4.69) is 26.3 Å². The average Bonchev–Trinajstić information content (AvgIpc) is 2.38. The van der Waals surface area contributed by atoms with Crippen LogP contribution in [0, 0.1) is 0 Å². The van der Waals surface area contributed by atoms with Crippen molar-refractivity contribution < 1.29 is 5.11 Å². The summed E-state index contributed by atoms with van der Waals surface area (Å²) in [6.45, 7) is 2.45. The minimum atomic E-state index is -0.169. The Morgan fingerprint density at radius 2 is 2.17 bits per heavy atom. The predicted molar refractivity (Wildman–Crippen MR) is 73.8 cm³/mol. The smallest absolute Gasteiger partial charge is 0.283 e. The van der Waals surface area contributed by atoms with Crippen molar-refractivity contribution in [3.63, 3.8) is 0 Å². The summed E-state index contributed by atoms with van der Waals surface area (Å²) in [7, 11) is 0. The summed E-state index contributed by atoms with van der Waals surface area (Å²) < 4.78 is 1.95. The number of halogens is 1. The first kappa shape index (κ1) is 13.5. The molecule has 1 fully saturated rings. The molecule has 0 bridgehead atoms. The third-order valence-corrected chi connectivity index (χ3v) is 4.11. The highest BCUT2D eigenvalue weighted by Crippen LogP contribution is 2.24. The van der Waals surface area contributed by atoms with Crippen molar-refractivity contribution in [1.29, 1.82) is 0 Å². The van der Waals surface area contributed by atoms with Gasteiger partial charge in [-0.1, -0.05) is 0 Å². The highest BCUT2D eigenvalue weighted by atomic mass is 79.9. The van der Waals surface area contributed by atoms with Crippen molar-refractivity contribution in [3.05, 3.63) is 21.0 Å². The van der Waals surface area contributed by atoms with E-state index in [4.69, 9.17) is 0 Å². The van der Waals surface area contributed by atoms with E-state index in [1.54, 1.807) is 6.20 Å². The van der Waals surface area contributed by atoms with Crippen molar-refractivity contribution in [1.82, 2.24) is 9.78 Å². The van der Waals surface area contributed by atoms with Gasteiger partial charge in [0.2, 0.25) is 0 Å². The number of nitrogens with one attached hydrogen (secondary N) is 1. The molecule has 0 spiro atoms. The zero-order valence-corrected chi connectivity index (χ0v) is 12.0. The average molecular weight is 316 g/mol. The highest BCUT2D eigenvalue weighted by molar-refractivity contribution is 9.10. The second-order valence-electron chi connectivity index (χ2n) is 4.64. The molecule has 6 heteroatoms. The van der Waals surface area contributed by atoms with Gasteiger partial charge < -0.3 is 10.4 Å². The van der Waals surface area contributed by atoms with Gasteiger partial charge in [0.1, 0.15) is 4.47 Å². The summed E-state index contributed by atoms with van der Waals surface area (Å²) in [6, 6.07) is 0.309. The van der Waals surface area contributed by atoms with E-state index < -0.39 is 0 Å². The zero-order valence-electron chi connectivity index (χ0n) is 10.4. The lowest BCUT2D eigenvalue weighted by atomic mass is 9.93. The number of anilines is 1. The van der Waals surface area contributed by atoms with E-state index in [0.29, 0.717) is 17.1 Å². The number of rotatable bonds is 3. The van der Waals surface area contributed by atoms with Crippen LogP contribution in [0.3, 0.4) is 0 Å². The van der Waals surface area contributed by atoms with E-state index in [1.807, 2.05) is 6.92 Å². The lowest BCUT2D eigenvalue weighted by Gasteiger charge is -2.27. The van der Waals surface area contributed by atoms with E-state index in [1.165, 1.54) is 4.68 Å². The second kappa shape index (κ2) is 5.84. The Hall–Kier alpha value is -0.880. The Bertz CT molecular complexity index is 467. The number of aliphatic hydroxyl groups excluding tert-OH is 1. The summed E-state index contributed by atoms with van der Waals surface area (Å²) in [5.74, 6) is 0. The van der Waals surface area contributed by atoms with Gasteiger partial charge in [-0.3, -0.25) is 4.79 Å². The van der Waals surface area contributed by atoms with Crippen LogP contribution in [0.4, 0.5) is 5.69 Å². The standard InChI is InChI=1S/C12H18BrN3O2/c1-2-16-12(18)11(13)10(7-14-16)15-8-3-5-9(17)6-4-8/h7-9,15,17H,2-6H2,1H3. The van der Waals surface area contributed by atoms with Gasteiger partial charge in [-0.05, 0) is 48.5 Å². The lowest BCUT2D eigenvalue weighted by Crippen LogP contribution is -2.30. The molecule has 1 aliphatic rings. The Morgan fingerprint density at radius 3 is 2.78 bits per heavy atom. The summed E-state index contributed by atoms with van der Waals surface area (Å²) in [6.07, 6.45) is 4.98. The molecule has 1 saturated carbocycles. The SMILES string of the molecule is CCn1ncc(NC2CCC(O)CC2)c(Br)c1=O. The summed E-state index contributed by atoms with van der Waals surface area (Å²) in [5, 5.41) is 16.9. The molecule has 0 atom stereocenters. The molecule has 0 saturated heterocycles. The Labute approximate surface area is 114 Å². The molecule has 1 aromatic rings. The molecule has 2 rings (SSSR count). The molecule has 2 N–H and O–H groups in total. The van der Waals surface area contributed by atoms with Gasteiger partial charge in [0.25, 0.3) is 5.56 Å². The molecule has 100 valence electrons. The molecule has 0 amide bonds. The number of aryl methyl sites for hydroxylation is 1. The van der Waals surface area contributed by atoms with E-state index in [0.717, 1.165) is 31.4 Å². The first-order valence-electron chi connectivity index (χ1n) is 6.32. The van der Waals surface area contributed by atoms with Gasteiger partial charge in [-0.25, -0.2) is 4.68 Å². The maximum atomic E-state index is 11.9. The molecular formula is C12H18BrN3O2. The topological polar surface area (TPSA) is 67.2 Å². The van der Waals surface area contributed by atoms with Gasteiger partial charge >= 0.3 is 0 Å². The minimum absolute atomic E-state index is 0.113. The third kappa shape index (κ3) is 2.92. The third-order valence-electron chi connectivity index (χ3n) is 3.34. The summed E-state index contributed by atoms with van der Waals surface area (Å²) in [5.41, 5.74) is 0.629. The van der Waals surface area contributed by atoms with Crippen LogP contribution in [0.25, 0.3) is 0 Å². The van der Waals surface area contributed by atoms with Gasteiger partial charge in [0.05, 0.1) is 18.0 Å². The van der Waals surface area contributed by atoms with Crippen LogP contribution in [0.15, 0.2) is 15.5 Å². The molecule has 0 radical (unpaired) electrons. The highest BCUT2D eigenvalue weighted by Gasteiger charge is 2.20. The fraction of sp³-hybridized carbons (Fsp3) is 0.667. The maximum Gasteiger partial charge on any atom is 0.283 e. The normalized spacial score (nSPS) is 23.9. The van der Waals surface area contributed by atoms with Gasteiger partial charge in [-0.15, -0.1) is 0 Å². The van der Waals surface area contributed by atoms with E-state index >= 15 is 0 Å². The summed E-state index contributed by atoms with van der Waals surface area (Å²) in [4.78, 5) is 11.9. The van der Waals surface area contributed by atoms with Gasteiger partial charge in [-0.2, -0.15) is 5.10 Å². The Morgan fingerprint density at radius 1 is 1.50 bits per heavy atom. The number of nitrogens with zero attached hydrogens (tertiary/aromatic N) is 2. The number of aliphatic hydroxyl groups is 1. The van der Waals surface area contributed by atoms with Crippen LogP contribution in [0.5, 0.6) is 0 Å². The molecule has 1 aliphatic carbocycles. The largest absolute Gasteiger partial charge is 0.393 e. The lowest BCUT2D eigenvalue weighted by molar-refractivity contribution is 0.126. The van der Waals surface area contributed by atoms with E-state index in [-0.39, 0.29) is 11.7 Å². The van der Waals surface area contributed by atoms with Crippen LogP contribution >= 0.6 is 15.9 Å². The summed E-state index contributed by atoms with van der Waals surface area (Å²) >= 11 is 3.33.